The molecule has 26 heavy (non-hydrogen) atoms. The van der Waals surface area contributed by atoms with Crippen molar-refractivity contribution in [1.29, 1.82) is 5.26 Å². The van der Waals surface area contributed by atoms with E-state index in [-0.39, 0.29) is 17.0 Å². The van der Waals surface area contributed by atoms with Crippen molar-refractivity contribution in [2.45, 2.75) is 26.5 Å². The van der Waals surface area contributed by atoms with Gasteiger partial charge in [0.15, 0.2) is 0 Å². The van der Waals surface area contributed by atoms with E-state index in [0.29, 0.717) is 18.2 Å². The molecule has 2 aromatic heterocycles. The zero-order valence-corrected chi connectivity index (χ0v) is 14.6. The highest BCUT2D eigenvalue weighted by molar-refractivity contribution is 5.98. The summed E-state index contributed by atoms with van der Waals surface area (Å²) in [6, 6.07) is 13.0. The molecule has 1 amide bonds. The lowest BCUT2D eigenvalue weighted by molar-refractivity contribution is 0.0949. The van der Waals surface area contributed by atoms with Crippen LogP contribution in [0.1, 0.15) is 45.8 Å². The summed E-state index contributed by atoms with van der Waals surface area (Å²) < 4.78 is 7.31. The van der Waals surface area contributed by atoms with Gasteiger partial charge in [0.05, 0.1) is 6.10 Å². The fourth-order valence-electron chi connectivity index (χ4n) is 2.74. The van der Waals surface area contributed by atoms with Crippen molar-refractivity contribution in [3.8, 4) is 12.0 Å². The van der Waals surface area contributed by atoms with Crippen LogP contribution in [0.15, 0.2) is 53.2 Å². The van der Waals surface area contributed by atoms with Gasteiger partial charge in [0.25, 0.3) is 5.91 Å². The number of benzene rings is 1. The van der Waals surface area contributed by atoms with E-state index in [0.717, 1.165) is 11.1 Å². The number of carbonyl (C=O) groups excluding carboxylic acids is 1. The number of aliphatic hydroxyl groups is 1. The molecule has 0 aliphatic rings. The Balaban J connectivity index is 1.79. The van der Waals surface area contributed by atoms with Gasteiger partial charge in [-0.1, -0.05) is 24.3 Å². The zero-order chi connectivity index (χ0) is 18.7. The molecule has 0 unspecified atom stereocenters. The molecule has 2 heterocycles. The molecule has 3 aromatic rings. The largest absolute Gasteiger partial charge is 0.443 e. The minimum atomic E-state index is -0.530. The Bertz CT molecular complexity index is 946. The summed E-state index contributed by atoms with van der Waals surface area (Å²) in [6.07, 6.45) is 2.98. The molecule has 0 saturated heterocycles. The quantitative estimate of drug-likeness (QED) is 0.740. The van der Waals surface area contributed by atoms with Gasteiger partial charge in [-0.15, -0.1) is 0 Å². The van der Waals surface area contributed by atoms with Crippen LogP contribution in [0.3, 0.4) is 0 Å². The Kier molecular flexibility index (Phi) is 4.92. The Morgan fingerprint density at radius 3 is 2.54 bits per heavy atom. The Morgan fingerprint density at radius 2 is 1.96 bits per heavy atom. The summed E-state index contributed by atoms with van der Waals surface area (Å²) in [7, 11) is 0. The molecule has 0 spiro atoms. The third-order valence-corrected chi connectivity index (χ3v) is 4.16. The van der Waals surface area contributed by atoms with Crippen LogP contribution in [-0.2, 0) is 6.54 Å². The molecule has 6 heteroatoms. The number of amides is 1. The van der Waals surface area contributed by atoms with Crippen molar-refractivity contribution in [2.75, 3.05) is 0 Å². The van der Waals surface area contributed by atoms with Crippen LogP contribution in [0.4, 0.5) is 0 Å². The van der Waals surface area contributed by atoms with Crippen molar-refractivity contribution in [3.05, 3.63) is 76.8 Å². The molecule has 2 N–H and O–H groups in total. The minimum Gasteiger partial charge on any atom is -0.443 e. The van der Waals surface area contributed by atoms with Crippen LogP contribution in [0.25, 0.3) is 5.88 Å². The second kappa shape index (κ2) is 7.30. The molecule has 0 radical (unpaired) electrons. The van der Waals surface area contributed by atoms with E-state index in [1.165, 1.54) is 0 Å². The van der Waals surface area contributed by atoms with E-state index < -0.39 is 6.10 Å². The maximum Gasteiger partial charge on any atom is 0.256 e. The van der Waals surface area contributed by atoms with Crippen LogP contribution in [0, 0.1) is 18.3 Å². The first-order chi connectivity index (χ1) is 12.5. The number of hydrogen-bond donors (Lipinski definition) is 2. The van der Waals surface area contributed by atoms with E-state index in [2.05, 4.69) is 11.4 Å². The number of nitrogens with one attached hydrogen (secondary N) is 1. The van der Waals surface area contributed by atoms with E-state index >= 15 is 0 Å². The van der Waals surface area contributed by atoms with Crippen molar-refractivity contribution < 1.29 is 14.3 Å². The molecule has 1 atom stereocenters. The monoisotopic (exact) mass is 349 g/mol. The van der Waals surface area contributed by atoms with Gasteiger partial charge in [-0.05, 0) is 37.1 Å². The number of furan rings is 1. The SMILES string of the molecule is Cc1oc(-n2cccc2)c(C#N)c1C(=O)NCc1ccc([C@@H](C)O)cc1. The van der Waals surface area contributed by atoms with E-state index in [1.807, 2.05) is 36.4 Å². The number of aromatic nitrogens is 1. The highest BCUT2D eigenvalue weighted by atomic mass is 16.4. The van der Waals surface area contributed by atoms with Crippen LogP contribution in [0.2, 0.25) is 0 Å². The molecule has 0 saturated carbocycles. The van der Waals surface area contributed by atoms with Crippen LogP contribution < -0.4 is 5.32 Å². The lowest BCUT2D eigenvalue weighted by atomic mass is 10.1. The normalized spacial score (nSPS) is 11.8. The predicted octanol–water partition coefficient (Wildman–Crippen LogP) is 3.23. The number of nitrogens with zero attached hydrogens (tertiary/aromatic N) is 2. The molecule has 0 aliphatic carbocycles. The fourth-order valence-corrected chi connectivity index (χ4v) is 2.74. The number of rotatable bonds is 5. The topological polar surface area (TPSA) is 91.2 Å². The average molecular weight is 349 g/mol. The summed E-state index contributed by atoms with van der Waals surface area (Å²) in [5.74, 6) is 0.370. The highest BCUT2D eigenvalue weighted by Gasteiger charge is 2.24. The smallest absolute Gasteiger partial charge is 0.256 e. The highest BCUT2D eigenvalue weighted by Crippen LogP contribution is 2.25. The van der Waals surface area contributed by atoms with Crippen LogP contribution >= 0.6 is 0 Å². The number of nitriles is 1. The van der Waals surface area contributed by atoms with Gasteiger partial charge in [-0.3, -0.25) is 9.36 Å². The lowest BCUT2D eigenvalue weighted by Gasteiger charge is -2.08. The summed E-state index contributed by atoms with van der Waals surface area (Å²) >= 11 is 0. The van der Waals surface area contributed by atoms with E-state index in [1.54, 1.807) is 30.8 Å². The van der Waals surface area contributed by atoms with Gasteiger partial charge in [0, 0.05) is 18.9 Å². The third kappa shape index (κ3) is 3.39. The summed E-state index contributed by atoms with van der Waals surface area (Å²) in [4.78, 5) is 12.6. The summed E-state index contributed by atoms with van der Waals surface area (Å²) in [5, 5.41) is 21.9. The number of aliphatic hydroxyl groups excluding tert-OH is 1. The Labute approximate surface area is 151 Å². The first-order valence-corrected chi connectivity index (χ1v) is 8.23. The second-order valence-electron chi connectivity index (χ2n) is 6.02. The first-order valence-electron chi connectivity index (χ1n) is 8.23. The van der Waals surface area contributed by atoms with Crippen molar-refractivity contribution in [1.82, 2.24) is 9.88 Å². The molecular formula is C20H19N3O3. The minimum absolute atomic E-state index is 0.209. The number of carbonyl (C=O) groups is 1. The maximum absolute atomic E-state index is 12.6. The molecule has 132 valence electrons. The van der Waals surface area contributed by atoms with Gasteiger partial charge < -0.3 is 14.8 Å². The Morgan fingerprint density at radius 1 is 1.31 bits per heavy atom. The maximum atomic E-state index is 12.6. The second-order valence-corrected chi connectivity index (χ2v) is 6.02. The van der Waals surface area contributed by atoms with Gasteiger partial charge >= 0.3 is 0 Å². The number of hydrogen-bond acceptors (Lipinski definition) is 4. The van der Waals surface area contributed by atoms with Crippen LogP contribution in [-0.4, -0.2) is 15.6 Å². The van der Waals surface area contributed by atoms with Crippen molar-refractivity contribution >= 4 is 5.91 Å². The zero-order valence-electron chi connectivity index (χ0n) is 14.6. The lowest BCUT2D eigenvalue weighted by Crippen LogP contribution is -2.24. The van der Waals surface area contributed by atoms with E-state index in [9.17, 15) is 15.2 Å². The number of aryl methyl sites for hydroxylation is 1. The Hall–Kier alpha value is -3.30. The molecule has 0 bridgehead atoms. The molecule has 1 aromatic carbocycles. The fraction of sp³-hybridized carbons (Fsp3) is 0.200. The van der Waals surface area contributed by atoms with Gasteiger partial charge in [-0.25, -0.2) is 0 Å². The van der Waals surface area contributed by atoms with Crippen molar-refractivity contribution in [3.63, 3.8) is 0 Å². The summed E-state index contributed by atoms with van der Waals surface area (Å²) in [6.45, 7) is 3.68. The molecule has 3 rings (SSSR count). The van der Waals surface area contributed by atoms with Gasteiger partial charge in [-0.2, -0.15) is 5.26 Å². The van der Waals surface area contributed by atoms with Gasteiger partial charge in [0.2, 0.25) is 5.88 Å². The van der Waals surface area contributed by atoms with E-state index in [4.69, 9.17) is 4.42 Å². The first kappa shape index (κ1) is 17.5. The van der Waals surface area contributed by atoms with Crippen molar-refractivity contribution in [2.24, 2.45) is 0 Å². The summed E-state index contributed by atoms with van der Waals surface area (Å²) in [5.41, 5.74) is 2.17. The van der Waals surface area contributed by atoms with Crippen LogP contribution in [0.5, 0.6) is 0 Å². The molecule has 6 nitrogen and oxygen atoms in total. The average Bonchev–Trinajstić information content (AvgIpc) is 3.27. The van der Waals surface area contributed by atoms with Gasteiger partial charge in [0.1, 0.15) is 23.0 Å². The molecule has 0 fully saturated rings. The predicted molar refractivity (Wildman–Crippen MR) is 95.7 cm³/mol. The molecular weight excluding hydrogens is 330 g/mol. The standard InChI is InChI=1S/C20H19N3O3/c1-13(24)16-7-5-15(6-8-16)12-22-19(25)18-14(2)26-20(17(18)11-21)23-9-3-4-10-23/h3-10,13,24H,12H2,1-2H3,(H,22,25)/t13-/m1/s1. The third-order valence-electron chi connectivity index (χ3n) is 4.16. The molecule has 0 aliphatic heterocycles.